The predicted octanol–water partition coefficient (Wildman–Crippen LogP) is 1.92. The Morgan fingerprint density at radius 3 is 2.86 bits per heavy atom. The Kier molecular flexibility index (Phi) is 1.77. The fourth-order valence-electron chi connectivity index (χ4n) is 2.59. The highest BCUT2D eigenvalue weighted by molar-refractivity contribution is 5.46. The number of hydrogen-bond acceptors (Lipinski definition) is 2. The number of phenols is 1. The molecular weight excluding hydrogens is 174 g/mol. The Morgan fingerprint density at radius 2 is 2.14 bits per heavy atom. The average molecular weight is 189 g/mol. The van der Waals surface area contributed by atoms with Crippen molar-refractivity contribution in [3.63, 3.8) is 0 Å². The number of aromatic hydroxyl groups is 1. The molecule has 0 bridgehead atoms. The van der Waals surface area contributed by atoms with E-state index in [2.05, 4.69) is 5.32 Å². The minimum Gasteiger partial charge on any atom is -0.508 e. The van der Waals surface area contributed by atoms with Crippen LogP contribution in [0, 0.1) is 0 Å². The van der Waals surface area contributed by atoms with Gasteiger partial charge in [-0.2, -0.15) is 0 Å². The normalized spacial score (nSPS) is 24.4. The summed E-state index contributed by atoms with van der Waals surface area (Å²) in [6, 6.07) is 4.39. The zero-order chi connectivity index (χ0) is 9.54. The maximum atomic E-state index is 9.62. The number of nitrogens with one attached hydrogen (secondary N) is 1. The molecule has 2 N–H and O–H groups in total. The minimum atomic E-state index is 0.439. The van der Waals surface area contributed by atoms with Crippen molar-refractivity contribution in [2.24, 2.45) is 0 Å². The summed E-state index contributed by atoms with van der Waals surface area (Å²) in [4.78, 5) is 0. The van der Waals surface area contributed by atoms with Crippen LogP contribution in [0.4, 0.5) is 0 Å². The van der Waals surface area contributed by atoms with Crippen molar-refractivity contribution < 1.29 is 5.11 Å². The highest BCUT2D eigenvalue weighted by atomic mass is 16.3. The second-order valence-electron chi connectivity index (χ2n) is 4.32. The molecule has 0 radical (unpaired) electrons. The van der Waals surface area contributed by atoms with Crippen LogP contribution in [0.25, 0.3) is 0 Å². The zero-order valence-corrected chi connectivity index (χ0v) is 8.21. The van der Waals surface area contributed by atoms with E-state index in [0.717, 1.165) is 13.0 Å². The van der Waals surface area contributed by atoms with Gasteiger partial charge < -0.3 is 10.4 Å². The van der Waals surface area contributed by atoms with Crippen molar-refractivity contribution in [1.29, 1.82) is 0 Å². The molecule has 14 heavy (non-hydrogen) atoms. The molecule has 0 aromatic heterocycles. The molecule has 0 saturated carbocycles. The predicted molar refractivity (Wildman–Crippen MR) is 55.5 cm³/mol. The number of rotatable bonds is 1. The standard InChI is InChI=1S/C12H15NO/c14-9-6-8-2-1-3-10(8)11(7-9)12-4-5-13-12/h6-7,12-14H,1-5H2/t12-/m0/s1. The third kappa shape index (κ3) is 1.14. The van der Waals surface area contributed by atoms with E-state index in [9.17, 15) is 5.11 Å². The van der Waals surface area contributed by atoms with E-state index in [1.807, 2.05) is 12.1 Å². The summed E-state index contributed by atoms with van der Waals surface area (Å²) in [5.41, 5.74) is 4.22. The molecule has 1 fully saturated rings. The van der Waals surface area contributed by atoms with Crippen molar-refractivity contribution in [2.45, 2.75) is 31.7 Å². The molecule has 2 heteroatoms. The lowest BCUT2D eigenvalue weighted by Crippen LogP contribution is -2.35. The van der Waals surface area contributed by atoms with Crippen molar-refractivity contribution in [1.82, 2.24) is 5.32 Å². The van der Waals surface area contributed by atoms with Crippen LogP contribution in [0.1, 0.15) is 35.6 Å². The summed E-state index contributed by atoms with van der Waals surface area (Å²) >= 11 is 0. The summed E-state index contributed by atoms with van der Waals surface area (Å²) in [6.45, 7) is 1.12. The van der Waals surface area contributed by atoms with Gasteiger partial charge in [0.2, 0.25) is 0 Å². The van der Waals surface area contributed by atoms with Gasteiger partial charge in [0.15, 0.2) is 0 Å². The fraction of sp³-hybridized carbons (Fsp3) is 0.500. The largest absolute Gasteiger partial charge is 0.508 e. The molecule has 1 heterocycles. The van der Waals surface area contributed by atoms with Gasteiger partial charge in [-0.25, -0.2) is 0 Å². The van der Waals surface area contributed by atoms with E-state index < -0.39 is 0 Å². The SMILES string of the molecule is Oc1cc2c(c([C@@H]3CCN3)c1)CCC2. The topological polar surface area (TPSA) is 32.3 Å². The van der Waals surface area contributed by atoms with Gasteiger partial charge in [-0.3, -0.25) is 0 Å². The molecule has 0 amide bonds. The Bertz CT molecular complexity index is 369. The second kappa shape index (κ2) is 2.99. The summed E-state index contributed by atoms with van der Waals surface area (Å²) in [5, 5.41) is 13.0. The van der Waals surface area contributed by atoms with Crippen LogP contribution < -0.4 is 5.32 Å². The molecule has 1 aromatic carbocycles. The highest BCUT2D eigenvalue weighted by Gasteiger charge is 2.25. The molecule has 0 spiro atoms. The van der Waals surface area contributed by atoms with Gasteiger partial charge in [0.1, 0.15) is 5.75 Å². The van der Waals surface area contributed by atoms with E-state index in [0.29, 0.717) is 11.8 Å². The number of hydrogen-bond donors (Lipinski definition) is 2. The van der Waals surface area contributed by atoms with Crippen LogP contribution in [-0.4, -0.2) is 11.7 Å². The molecule has 3 rings (SSSR count). The molecule has 1 saturated heterocycles. The van der Waals surface area contributed by atoms with Crippen molar-refractivity contribution in [3.8, 4) is 5.75 Å². The van der Waals surface area contributed by atoms with Crippen LogP contribution in [0.5, 0.6) is 5.75 Å². The van der Waals surface area contributed by atoms with Crippen LogP contribution in [0.15, 0.2) is 12.1 Å². The first-order valence-corrected chi connectivity index (χ1v) is 5.42. The van der Waals surface area contributed by atoms with E-state index in [4.69, 9.17) is 0 Å². The first kappa shape index (κ1) is 8.30. The van der Waals surface area contributed by atoms with Gasteiger partial charge in [0, 0.05) is 6.04 Å². The van der Waals surface area contributed by atoms with Crippen LogP contribution in [0.3, 0.4) is 0 Å². The lowest BCUT2D eigenvalue weighted by molar-refractivity contribution is 0.379. The van der Waals surface area contributed by atoms with Gasteiger partial charge >= 0.3 is 0 Å². The summed E-state index contributed by atoms with van der Waals surface area (Å²) < 4.78 is 0. The first-order valence-electron chi connectivity index (χ1n) is 5.42. The van der Waals surface area contributed by atoms with Crippen LogP contribution in [0.2, 0.25) is 0 Å². The maximum absolute atomic E-state index is 9.62. The average Bonchev–Trinajstić information content (AvgIpc) is 2.47. The first-order chi connectivity index (χ1) is 6.84. The molecular formula is C12H15NO. The molecule has 74 valence electrons. The quantitative estimate of drug-likeness (QED) is 0.707. The monoisotopic (exact) mass is 189 g/mol. The van der Waals surface area contributed by atoms with Crippen LogP contribution in [-0.2, 0) is 12.8 Å². The van der Waals surface area contributed by atoms with Crippen molar-refractivity contribution in [3.05, 3.63) is 28.8 Å². The molecule has 2 nitrogen and oxygen atoms in total. The lowest BCUT2D eigenvalue weighted by Gasteiger charge is -2.30. The third-order valence-electron chi connectivity index (χ3n) is 3.43. The Morgan fingerprint density at radius 1 is 1.29 bits per heavy atom. The number of aryl methyl sites for hydroxylation is 1. The summed E-state index contributed by atoms with van der Waals surface area (Å²) in [7, 11) is 0. The van der Waals surface area contributed by atoms with Gasteiger partial charge in [0.05, 0.1) is 0 Å². The van der Waals surface area contributed by atoms with Gasteiger partial charge in [-0.15, -0.1) is 0 Å². The van der Waals surface area contributed by atoms with E-state index in [1.165, 1.54) is 36.0 Å². The highest BCUT2D eigenvalue weighted by Crippen LogP contribution is 2.35. The summed E-state index contributed by atoms with van der Waals surface area (Å²) in [6.07, 6.45) is 4.81. The van der Waals surface area contributed by atoms with Gasteiger partial charge in [-0.1, -0.05) is 0 Å². The second-order valence-corrected chi connectivity index (χ2v) is 4.32. The molecule has 1 aromatic rings. The third-order valence-corrected chi connectivity index (χ3v) is 3.43. The summed E-state index contributed by atoms with van der Waals surface area (Å²) in [5.74, 6) is 0.439. The van der Waals surface area contributed by atoms with Gasteiger partial charge in [0.25, 0.3) is 0 Å². The van der Waals surface area contributed by atoms with Crippen molar-refractivity contribution in [2.75, 3.05) is 6.54 Å². The molecule has 1 aliphatic carbocycles. The van der Waals surface area contributed by atoms with E-state index in [-0.39, 0.29) is 0 Å². The minimum absolute atomic E-state index is 0.439. The fourth-order valence-corrected chi connectivity index (χ4v) is 2.59. The molecule has 2 aliphatic rings. The molecule has 1 atom stereocenters. The van der Waals surface area contributed by atoms with Crippen molar-refractivity contribution >= 4 is 0 Å². The zero-order valence-electron chi connectivity index (χ0n) is 8.21. The molecule has 0 unspecified atom stereocenters. The lowest BCUT2D eigenvalue weighted by atomic mass is 9.91. The smallest absolute Gasteiger partial charge is 0.116 e. The number of phenolic OH excluding ortho intramolecular Hbond substituents is 1. The number of fused-ring (bicyclic) bond motifs is 1. The number of benzene rings is 1. The van der Waals surface area contributed by atoms with Gasteiger partial charge in [-0.05, 0) is 61.1 Å². The Labute approximate surface area is 84.0 Å². The maximum Gasteiger partial charge on any atom is 0.116 e. The van der Waals surface area contributed by atoms with E-state index >= 15 is 0 Å². The Balaban J connectivity index is 2.08. The molecule has 1 aliphatic heterocycles. The van der Waals surface area contributed by atoms with E-state index in [1.54, 1.807) is 0 Å². The van der Waals surface area contributed by atoms with Crippen LogP contribution >= 0.6 is 0 Å². The Hall–Kier alpha value is -1.02.